The van der Waals surface area contributed by atoms with Crippen LogP contribution in [0, 0.1) is 23.7 Å². The Labute approximate surface area is 269 Å². The Morgan fingerprint density at radius 2 is 0.756 bits per heavy atom. The Bertz CT molecular complexity index is 1130. The Morgan fingerprint density at radius 1 is 0.489 bits per heavy atom. The van der Waals surface area contributed by atoms with Gasteiger partial charge in [0.15, 0.2) is 0 Å². The lowest BCUT2D eigenvalue weighted by atomic mass is 9.98. The van der Waals surface area contributed by atoms with Crippen molar-refractivity contribution in [3.63, 3.8) is 0 Å². The minimum absolute atomic E-state index is 0.0512. The third-order valence-corrected chi connectivity index (χ3v) is 7.68. The molecule has 2 rings (SSSR count). The van der Waals surface area contributed by atoms with Crippen molar-refractivity contribution in [3.8, 4) is 0 Å². The highest BCUT2D eigenvalue weighted by Crippen LogP contribution is 2.15. The van der Waals surface area contributed by atoms with Crippen LogP contribution in [0.4, 0.5) is 5.69 Å². The molecule has 5 unspecified atom stereocenters. The van der Waals surface area contributed by atoms with Crippen LogP contribution in [0.25, 0.3) is 0 Å². The van der Waals surface area contributed by atoms with Crippen LogP contribution in [0.2, 0.25) is 0 Å². The molecule has 11 nitrogen and oxygen atoms in total. The van der Waals surface area contributed by atoms with Gasteiger partial charge in [-0.2, -0.15) is 0 Å². The molecule has 1 aromatic carbocycles. The summed E-state index contributed by atoms with van der Waals surface area (Å²) >= 11 is 0. The quantitative estimate of drug-likeness (QED) is 0.221. The molecule has 1 aromatic rings. The molecule has 252 valence electrons. The maximum absolute atomic E-state index is 13.9. The molecule has 0 aromatic heterocycles. The van der Waals surface area contributed by atoms with E-state index in [1.165, 1.54) is 0 Å². The fourth-order valence-corrected chi connectivity index (χ4v) is 5.43. The smallest absolute Gasteiger partial charge is 0.243 e. The number of anilines is 1. The zero-order valence-corrected chi connectivity index (χ0v) is 28.6. The van der Waals surface area contributed by atoms with E-state index in [9.17, 15) is 24.0 Å². The summed E-state index contributed by atoms with van der Waals surface area (Å²) in [5.41, 5.74) is 1.71. The fourth-order valence-electron chi connectivity index (χ4n) is 5.43. The number of rotatable bonds is 11. The lowest BCUT2D eigenvalue weighted by Gasteiger charge is -2.27. The second-order valence-corrected chi connectivity index (χ2v) is 14.0. The summed E-state index contributed by atoms with van der Waals surface area (Å²) in [4.78, 5) is 68.6. The monoisotopic (exact) mass is 628 g/mol. The van der Waals surface area contributed by atoms with Crippen molar-refractivity contribution in [2.24, 2.45) is 23.7 Å². The minimum atomic E-state index is -1.02. The van der Waals surface area contributed by atoms with Gasteiger partial charge in [0.05, 0.1) is 0 Å². The number of carbonyl (C=O) groups excluding carboxylic acids is 5. The van der Waals surface area contributed by atoms with Gasteiger partial charge < -0.3 is 31.9 Å². The number of carbonyl (C=O) groups is 5. The summed E-state index contributed by atoms with van der Waals surface area (Å²) in [7, 11) is 1.81. The molecule has 45 heavy (non-hydrogen) atoms. The fraction of sp³-hybridized carbons (Fsp3) is 0.676. The second kappa shape index (κ2) is 17.8. The van der Waals surface area contributed by atoms with Crippen LogP contribution in [0.15, 0.2) is 24.3 Å². The Kier molecular flexibility index (Phi) is 14.8. The van der Waals surface area contributed by atoms with Gasteiger partial charge in [-0.1, -0.05) is 67.5 Å². The molecule has 11 heteroatoms. The maximum Gasteiger partial charge on any atom is 0.243 e. The topological polar surface area (TPSA) is 158 Å². The van der Waals surface area contributed by atoms with Crippen molar-refractivity contribution in [2.75, 3.05) is 12.4 Å². The molecule has 5 amide bonds. The molecule has 1 fully saturated rings. The van der Waals surface area contributed by atoms with Crippen LogP contribution in [0.3, 0.4) is 0 Å². The third-order valence-electron chi connectivity index (χ3n) is 7.68. The van der Waals surface area contributed by atoms with Crippen molar-refractivity contribution in [1.29, 1.82) is 0 Å². The first-order chi connectivity index (χ1) is 21.1. The van der Waals surface area contributed by atoms with Gasteiger partial charge >= 0.3 is 0 Å². The summed E-state index contributed by atoms with van der Waals surface area (Å²) in [5, 5.41) is 17.4. The molecule has 0 saturated carbocycles. The molecule has 0 bridgehead atoms. The van der Waals surface area contributed by atoms with Crippen molar-refractivity contribution in [2.45, 2.75) is 118 Å². The molecule has 0 aliphatic carbocycles. The molecular formula is C34H56N6O5. The predicted molar refractivity (Wildman–Crippen MR) is 177 cm³/mol. The Hall–Kier alpha value is -3.63. The average molecular weight is 629 g/mol. The lowest BCUT2D eigenvalue weighted by Crippen LogP contribution is -2.58. The van der Waals surface area contributed by atoms with Gasteiger partial charge in [0.25, 0.3) is 0 Å². The van der Waals surface area contributed by atoms with E-state index in [-0.39, 0.29) is 30.1 Å². The summed E-state index contributed by atoms with van der Waals surface area (Å²) in [5.74, 6) is -2.24. The predicted octanol–water partition coefficient (Wildman–Crippen LogP) is 2.89. The van der Waals surface area contributed by atoms with E-state index in [0.29, 0.717) is 25.7 Å². The Morgan fingerprint density at radius 3 is 1.02 bits per heavy atom. The number of hydrogen-bond donors (Lipinski definition) is 6. The van der Waals surface area contributed by atoms with E-state index in [0.717, 1.165) is 11.3 Å². The molecule has 1 aliphatic heterocycles. The maximum atomic E-state index is 13.9. The highest BCUT2D eigenvalue weighted by Gasteiger charge is 2.35. The van der Waals surface area contributed by atoms with Gasteiger partial charge in [0.1, 0.15) is 30.2 Å². The molecule has 1 aliphatic rings. The molecule has 0 spiro atoms. The van der Waals surface area contributed by atoms with Gasteiger partial charge in [0, 0.05) is 19.2 Å². The SMILES string of the molecule is CNc1ccc(CC2NC(=O)C(CC(C)C)NC(=O)C(CC(C)C)NC(=O)C(CC(C)C)NC(=O)C(CC(C)C)NC2=O)cc1. The van der Waals surface area contributed by atoms with Crippen LogP contribution in [-0.2, 0) is 30.4 Å². The number of amides is 5. The number of hydrogen-bond acceptors (Lipinski definition) is 6. The molecule has 6 N–H and O–H groups in total. The summed E-state index contributed by atoms with van der Waals surface area (Å²) < 4.78 is 0. The molecule has 5 atom stereocenters. The zero-order valence-electron chi connectivity index (χ0n) is 28.6. The first kappa shape index (κ1) is 37.6. The van der Waals surface area contributed by atoms with Crippen molar-refractivity contribution < 1.29 is 24.0 Å². The standard InChI is InChI=1S/C34H56N6O5/c1-19(2)14-25-30(41)36-26(15-20(3)4)31(42)38-28(17-22(7)8)33(44)40-29(18-23-10-12-24(35-9)13-11-23)34(45)39-27(16-21(5)6)32(43)37-25/h10-13,19-22,25-29,35H,14-18H2,1-9H3,(H,36,41)(H,37,43)(H,38,42)(H,39,45)(H,40,44). The molecular weight excluding hydrogens is 572 g/mol. The van der Waals surface area contributed by atoms with Crippen molar-refractivity contribution in [3.05, 3.63) is 29.8 Å². The van der Waals surface area contributed by atoms with Gasteiger partial charge in [0.2, 0.25) is 29.5 Å². The highest BCUT2D eigenvalue weighted by molar-refractivity contribution is 5.98. The van der Waals surface area contributed by atoms with Crippen molar-refractivity contribution >= 4 is 35.2 Å². The summed E-state index contributed by atoms with van der Waals surface area (Å²) in [6.45, 7) is 15.6. The number of nitrogens with one attached hydrogen (secondary N) is 6. The first-order valence-electron chi connectivity index (χ1n) is 16.4. The zero-order chi connectivity index (χ0) is 33.8. The van der Waals surface area contributed by atoms with E-state index in [1.807, 2.05) is 86.7 Å². The summed E-state index contributed by atoms with van der Waals surface area (Å²) in [6.07, 6.45) is 1.52. The number of benzene rings is 1. The van der Waals surface area contributed by atoms with Crippen LogP contribution in [-0.4, -0.2) is 66.8 Å². The molecule has 1 saturated heterocycles. The third kappa shape index (κ3) is 12.7. The van der Waals surface area contributed by atoms with Gasteiger partial charge in [-0.15, -0.1) is 0 Å². The van der Waals surface area contributed by atoms with Crippen LogP contribution in [0.1, 0.15) is 86.6 Å². The summed E-state index contributed by atoms with van der Waals surface area (Å²) in [6, 6.07) is 2.79. The van der Waals surface area contributed by atoms with Gasteiger partial charge in [-0.3, -0.25) is 24.0 Å². The first-order valence-corrected chi connectivity index (χ1v) is 16.4. The Balaban J connectivity index is 2.61. The van der Waals surface area contributed by atoms with Crippen molar-refractivity contribution in [1.82, 2.24) is 26.6 Å². The van der Waals surface area contributed by atoms with E-state index >= 15 is 0 Å². The van der Waals surface area contributed by atoms with Crippen LogP contribution < -0.4 is 31.9 Å². The van der Waals surface area contributed by atoms with E-state index in [4.69, 9.17) is 0 Å². The van der Waals surface area contributed by atoms with Crippen LogP contribution in [0.5, 0.6) is 0 Å². The second-order valence-electron chi connectivity index (χ2n) is 14.0. The normalized spacial score (nSPS) is 24.0. The average Bonchev–Trinajstić information content (AvgIpc) is 2.94. The minimum Gasteiger partial charge on any atom is -0.388 e. The van der Waals surface area contributed by atoms with E-state index in [2.05, 4.69) is 31.9 Å². The molecule has 1 heterocycles. The van der Waals surface area contributed by atoms with Crippen LogP contribution >= 0.6 is 0 Å². The van der Waals surface area contributed by atoms with Gasteiger partial charge in [-0.05, 0) is 67.1 Å². The van der Waals surface area contributed by atoms with E-state index in [1.54, 1.807) is 0 Å². The lowest BCUT2D eigenvalue weighted by molar-refractivity contribution is -0.134. The van der Waals surface area contributed by atoms with E-state index < -0.39 is 59.7 Å². The highest BCUT2D eigenvalue weighted by atomic mass is 16.2. The largest absolute Gasteiger partial charge is 0.388 e. The van der Waals surface area contributed by atoms with Gasteiger partial charge in [-0.25, -0.2) is 0 Å². The molecule has 0 radical (unpaired) electrons.